The van der Waals surface area contributed by atoms with Gasteiger partial charge in [-0.1, -0.05) is 46.8 Å². The van der Waals surface area contributed by atoms with Crippen molar-refractivity contribution in [1.82, 2.24) is 0 Å². The Morgan fingerprint density at radius 1 is 1.25 bits per heavy atom. The first-order chi connectivity index (χ1) is 5.33. The van der Waals surface area contributed by atoms with Crippen LogP contribution in [0, 0.1) is 11.3 Å². The van der Waals surface area contributed by atoms with Crippen molar-refractivity contribution >= 4 is 0 Å². The van der Waals surface area contributed by atoms with Gasteiger partial charge in [0.25, 0.3) is 0 Å². The third kappa shape index (κ3) is 6.41. The van der Waals surface area contributed by atoms with E-state index >= 15 is 0 Å². The summed E-state index contributed by atoms with van der Waals surface area (Å²) in [6.45, 7) is 10.5. The highest BCUT2D eigenvalue weighted by Gasteiger charge is 2.08. The Kier molecular flexibility index (Phi) is 4.54. The summed E-state index contributed by atoms with van der Waals surface area (Å²) in [4.78, 5) is 0. The Labute approximate surface area is 76.5 Å². The van der Waals surface area contributed by atoms with E-state index < -0.39 is 0 Å². The highest BCUT2D eigenvalue weighted by atomic mass is 16.3. The molecule has 0 saturated heterocycles. The van der Waals surface area contributed by atoms with Crippen molar-refractivity contribution in [3.8, 4) is 0 Å². The second-order valence-electron chi connectivity index (χ2n) is 4.82. The maximum Gasteiger partial charge on any atom is 0.0597 e. The van der Waals surface area contributed by atoms with Gasteiger partial charge in [-0.15, -0.1) is 0 Å². The van der Waals surface area contributed by atoms with Crippen molar-refractivity contribution in [2.75, 3.05) is 0 Å². The molecule has 0 aromatic rings. The van der Waals surface area contributed by atoms with Gasteiger partial charge in [-0.2, -0.15) is 0 Å². The molecule has 0 unspecified atom stereocenters. The zero-order valence-corrected chi connectivity index (χ0v) is 8.96. The first kappa shape index (κ1) is 11.7. The summed E-state index contributed by atoms with van der Waals surface area (Å²) in [5.74, 6) is 0.356. The van der Waals surface area contributed by atoms with E-state index in [2.05, 4.69) is 32.9 Å². The molecule has 12 heavy (non-hydrogen) atoms. The summed E-state index contributed by atoms with van der Waals surface area (Å²) >= 11 is 0. The van der Waals surface area contributed by atoms with Crippen molar-refractivity contribution in [3.63, 3.8) is 0 Å². The molecule has 0 aliphatic heterocycles. The largest absolute Gasteiger partial charge is 0.393 e. The number of rotatable bonds is 3. The quantitative estimate of drug-likeness (QED) is 0.646. The van der Waals surface area contributed by atoms with E-state index in [-0.39, 0.29) is 11.5 Å². The molecule has 0 aliphatic carbocycles. The molecule has 0 aromatic heterocycles. The maximum atomic E-state index is 9.47. The first-order valence-corrected chi connectivity index (χ1v) is 4.68. The number of hydrogen-bond donors (Lipinski definition) is 1. The summed E-state index contributed by atoms with van der Waals surface area (Å²) < 4.78 is 0. The van der Waals surface area contributed by atoms with E-state index in [9.17, 15) is 5.11 Å². The van der Waals surface area contributed by atoms with E-state index in [1.165, 1.54) is 0 Å². The molecule has 1 nitrogen and oxygen atoms in total. The highest BCUT2D eigenvalue weighted by Crippen LogP contribution is 2.16. The molecule has 0 bridgehead atoms. The van der Waals surface area contributed by atoms with Crippen LogP contribution in [0.1, 0.15) is 41.0 Å². The second-order valence-corrected chi connectivity index (χ2v) is 4.82. The summed E-state index contributed by atoms with van der Waals surface area (Å²) in [7, 11) is 0. The zero-order valence-electron chi connectivity index (χ0n) is 8.96. The van der Waals surface area contributed by atoms with Crippen LogP contribution < -0.4 is 0 Å². The molecule has 0 heterocycles. The molecule has 1 atom stereocenters. The minimum Gasteiger partial charge on any atom is -0.393 e. The van der Waals surface area contributed by atoms with Crippen LogP contribution in [0.4, 0.5) is 0 Å². The molecule has 0 radical (unpaired) electrons. The Balaban J connectivity index is 3.75. The van der Waals surface area contributed by atoms with Gasteiger partial charge in [0.2, 0.25) is 0 Å². The minimum atomic E-state index is -0.191. The van der Waals surface area contributed by atoms with Gasteiger partial charge in [0, 0.05) is 0 Å². The third-order valence-electron chi connectivity index (χ3n) is 1.76. The van der Waals surface area contributed by atoms with Crippen molar-refractivity contribution in [2.24, 2.45) is 11.3 Å². The smallest absolute Gasteiger partial charge is 0.0597 e. The Morgan fingerprint density at radius 3 is 2.08 bits per heavy atom. The fourth-order valence-corrected chi connectivity index (χ4v) is 0.833. The van der Waals surface area contributed by atoms with Crippen LogP contribution in [0.25, 0.3) is 0 Å². The van der Waals surface area contributed by atoms with Crippen molar-refractivity contribution in [1.29, 1.82) is 0 Å². The lowest BCUT2D eigenvalue weighted by Crippen LogP contribution is -2.13. The Bertz CT molecular complexity index is 140. The number of allylic oxidation sites excluding steroid dienone is 1. The molecule has 0 spiro atoms. The molecule has 72 valence electrons. The van der Waals surface area contributed by atoms with Crippen LogP contribution in [0.2, 0.25) is 0 Å². The number of hydrogen-bond acceptors (Lipinski definition) is 1. The van der Waals surface area contributed by atoms with E-state index in [0.717, 1.165) is 6.42 Å². The van der Waals surface area contributed by atoms with Crippen molar-refractivity contribution < 1.29 is 5.11 Å². The Morgan fingerprint density at radius 2 is 1.75 bits per heavy atom. The molecular formula is C11H22O. The topological polar surface area (TPSA) is 20.2 Å². The fourth-order valence-electron chi connectivity index (χ4n) is 0.833. The zero-order chi connectivity index (χ0) is 9.78. The van der Waals surface area contributed by atoms with Gasteiger partial charge in [-0.25, -0.2) is 0 Å². The monoisotopic (exact) mass is 170 g/mol. The van der Waals surface area contributed by atoms with Crippen LogP contribution in [0.3, 0.4) is 0 Å². The number of aliphatic hydroxyl groups is 1. The maximum absolute atomic E-state index is 9.47. The summed E-state index contributed by atoms with van der Waals surface area (Å²) in [6.07, 6.45) is 4.81. The lowest BCUT2D eigenvalue weighted by molar-refractivity contribution is 0.128. The molecule has 0 amide bonds. The normalized spacial score (nSPS) is 15.9. The SMILES string of the molecule is CC(C)[C@H](O)CC=CC(C)(C)C. The van der Waals surface area contributed by atoms with Gasteiger partial charge < -0.3 is 5.11 Å². The second kappa shape index (κ2) is 4.66. The van der Waals surface area contributed by atoms with E-state index in [1.807, 2.05) is 13.8 Å². The average molecular weight is 170 g/mol. The molecule has 0 rings (SSSR count). The molecule has 0 saturated carbocycles. The van der Waals surface area contributed by atoms with Gasteiger partial charge >= 0.3 is 0 Å². The van der Waals surface area contributed by atoms with Crippen LogP contribution in [0.15, 0.2) is 12.2 Å². The summed E-state index contributed by atoms with van der Waals surface area (Å²) in [5, 5.41) is 9.47. The lowest BCUT2D eigenvalue weighted by atomic mass is 9.94. The van der Waals surface area contributed by atoms with Crippen LogP contribution in [-0.2, 0) is 0 Å². The van der Waals surface area contributed by atoms with Crippen molar-refractivity contribution in [3.05, 3.63) is 12.2 Å². The van der Waals surface area contributed by atoms with Gasteiger partial charge in [-0.05, 0) is 17.8 Å². The number of aliphatic hydroxyl groups excluding tert-OH is 1. The van der Waals surface area contributed by atoms with Gasteiger partial charge in [0.15, 0.2) is 0 Å². The van der Waals surface area contributed by atoms with E-state index in [0.29, 0.717) is 5.92 Å². The molecule has 0 fully saturated rings. The van der Waals surface area contributed by atoms with E-state index in [4.69, 9.17) is 0 Å². The standard InChI is InChI=1S/C11H22O/c1-9(2)10(12)7-6-8-11(3,4)5/h6,8-10,12H,7H2,1-5H3/t10-/m1/s1. The predicted molar refractivity (Wildman–Crippen MR) is 54.1 cm³/mol. The molecule has 1 N–H and O–H groups in total. The lowest BCUT2D eigenvalue weighted by Gasteiger charge is -2.14. The van der Waals surface area contributed by atoms with Gasteiger partial charge in [0.1, 0.15) is 0 Å². The third-order valence-corrected chi connectivity index (χ3v) is 1.76. The summed E-state index contributed by atoms with van der Waals surface area (Å²) in [5.41, 5.74) is 0.233. The predicted octanol–water partition coefficient (Wildman–Crippen LogP) is 3.00. The molecule has 0 aliphatic rings. The molecule has 1 heteroatoms. The van der Waals surface area contributed by atoms with Gasteiger partial charge in [-0.3, -0.25) is 0 Å². The minimum absolute atomic E-state index is 0.191. The van der Waals surface area contributed by atoms with Crippen LogP contribution in [0.5, 0.6) is 0 Å². The molecular weight excluding hydrogens is 148 g/mol. The molecule has 0 aromatic carbocycles. The van der Waals surface area contributed by atoms with Crippen LogP contribution >= 0.6 is 0 Å². The van der Waals surface area contributed by atoms with Crippen LogP contribution in [-0.4, -0.2) is 11.2 Å². The van der Waals surface area contributed by atoms with E-state index in [1.54, 1.807) is 0 Å². The highest BCUT2D eigenvalue weighted by molar-refractivity contribution is 4.93. The Hall–Kier alpha value is -0.300. The average Bonchev–Trinajstić information content (AvgIpc) is 1.84. The first-order valence-electron chi connectivity index (χ1n) is 4.68. The summed E-state index contributed by atoms with van der Waals surface area (Å²) in [6, 6.07) is 0. The fraction of sp³-hybridized carbons (Fsp3) is 0.818. The van der Waals surface area contributed by atoms with Crippen molar-refractivity contribution in [2.45, 2.75) is 47.1 Å². The van der Waals surface area contributed by atoms with Gasteiger partial charge in [0.05, 0.1) is 6.10 Å².